The second-order valence-corrected chi connectivity index (χ2v) is 13.5. The van der Waals surface area contributed by atoms with Crippen molar-refractivity contribution < 1.29 is 14.3 Å². The predicted molar refractivity (Wildman–Crippen MR) is 217 cm³/mol. The second kappa shape index (κ2) is 22.2. The summed E-state index contributed by atoms with van der Waals surface area (Å²) in [5.41, 5.74) is 13.9. The van der Waals surface area contributed by atoms with Crippen molar-refractivity contribution in [2.24, 2.45) is 5.41 Å². The summed E-state index contributed by atoms with van der Waals surface area (Å²) in [5, 5.41) is 6.45. The summed E-state index contributed by atoms with van der Waals surface area (Å²) < 4.78 is 7.69. The van der Waals surface area contributed by atoms with Gasteiger partial charge in [-0.3, -0.25) is 10.2 Å². The molecule has 0 radical (unpaired) electrons. The molecule has 1 atom stereocenters. The number of aryl methyl sites for hydroxylation is 3. The molecule has 1 fully saturated rings. The highest BCUT2D eigenvalue weighted by Crippen LogP contribution is 2.41. The van der Waals surface area contributed by atoms with E-state index in [1.807, 2.05) is 34.7 Å². The Kier molecular flexibility index (Phi) is 18.9. The Morgan fingerprint density at radius 2 is 1.69 bits per heavy atom. The molecule has 0 spiro atoms. The Labute approximate surface area is 309 Å². The van der Waals surface area contributed by atoms with Crippen molar-refractivity contribution in [1.29, 1.82) is 0 Å². The fourth-order valence-corrected chi connectivity index (χ4v) is 6.71. The fraction of sp³-hybridized carbons (Fsp3) is 0.500. The number of benzene rings is 3. The van der Waals surface area contributed by atoms with Crippen LogP contribution in [0.5, 0.6) is 0 Å². The lowest BCUT2D eigenvalue weighted by Gasteiger charge is -2.24. The molecule has 1 aliphatic rings. The standard InChI is InChI=1S/C35H42N2O3.C5H12N2.2C2H6/c1-7-26-11-9-10-12-30(26)34-32(20-35(4,5)22-40-23-39)31-19-27(13-14-33(31)37(34)8-2)28-16-24(3)15-25(17-28)18-29(21-38)36-6;1-7-5-3-2-4-6-7;2*1-2/h9-17,19,21,23,29,36H,7-8,18,20,22H2,1-6H3;6H,2-5H2,1H3;2*1-2H3. The molecular formula is C44H66N4O3. The first kappa shape index (κ1) is 43.4. The van der Waals surface area contributed by atoms with Crippen molar-refractivity contribution in [1.82, 2.24) is 20.3 Å². The molecule has 2 heterocycles. The molecule has 1 aromatic heterocycles. The van der Waals surface area contributed by atoms with Crippen molar-refractivity contribution in [2.75, 3.05) is 33.8 Å². The number of nitrogens with zero attached hydrogens (tertiary/aromatic N) is 2. The Hall–Kier alpha value is -3.78. The number of aromatic nitrogens is 1. The van der Waals surface area contributed by atoms with Crippen molar-refractivity contribution in [2.45, 2.75) is 107 Å². The molecule has 51 heavy (non-hydrogen) atoms. The summed E-state index contributed by atoms with van der Waals surface area (Å²) in [7, 11) is 3.90. The number of carbonyl (C=O) groups excluding carboxylic acids is 2. The summed E-state index contributed by atoms with van der Waals surface area (Å²) in [6, 6.07) is 21.8. The minimum atomic E-state index is -0.243. The number of nitrogens with one attached hydrogen (secondary N) is 2. The third-order valence-corrected chi connectivity index (χ3v) is 9.10. The van der Waals surface area contributed by atoms with Crippen molar-refractivity contribution >= 4 is 23.7 Å². The number of likely N-dealkylation sites (N-methyl/N-ethyl adjacent to an activating group) is 1. The molecule has 1 saturated heterocycles. The minimum Gasteiger partial charge on any atom is -0.467 e. The largest absolute Gasteiger partial charge is 0.467 e. The molecule has 0 bridgehead atoms. The maximum atomic E-state index is 11.5. The zero-order valence-corrected chi connectivity index (χ0v) is 33.5. The molecular weight excluding hydrogens is 633 g/mol. The van der Waals surface area contributed by atoms with E-state index in [9.17, 15) is 9.59 Å². The van der Waals surface area contributed by atoms with Gasteiger partial charge < -0.3 is 19.4 Å². The van der Waals surface area contributed by atoms with Gasteiger partial charge in [-0.1, -0.05) is 103 Å². The van der Waals surface area contributed by atoms with Gasteiger partial charge in [0.1, 0.15) is 6.29 Å². The Bertz CT molecular complexity index is 1640. The molecule has 2 N–H and O–H groups in total. The molecule has 4 aromatic rings. The van der Waals surface area contributed by atoms with E-state index in [4.69, 9.17) is 4.74 Å². The van der Waals surface area contributed by atoms with Crippen molar-refractivity contribution in [3.63, 3.8) is 0 Å². The van der Waals surface area contributed by atoms with Crippen molar-refractivity contribution in [3.8, 4) is 22.4 Å². The van der Waals surface area contributed by atoms with E-state index in [2.05, 4.69) is 123 Å². The number of aldehydes is 1. The molecule has 3 aromatic carbocycles. The van der Waals surface area contributed by atoms with Crippen LogP contribution in [-0.4, -0.2) is 62.2 Å². The van der Waals surface area contributed by atoms with Crippen LogP contribution < -0.4 is 10.7 Å². The molecule has 0 aliphatic carbocycles. The van der Waals surface area contributed by atoms with Crippen LogP contribution in [0.15, 0.2) is 60.7 Å². The van der Waals surface area contributed by atoms with Gasteiger partial charge in [0.2, 0.25) is 0 Å². The summed E-state index contributed by atoms with van der Waals surface area (Å²) in [5.74, 6) is 0. The van der Waals surface area contributed by atoms with Crippen LogP contribution in [-0.2, 0) is 40.1 Å². The summed E-state index contributed by atoms with van der Waals surface area (Å²) in [6.45, 7) is 22.9. The van der Waals surface area contributed by atoms with E-state index in [1.54, 1.807) is 0 Å². The first-order valence-corrected chi connectivity index (χ1v) is 19.1. The molecule has 7 heteroatoms. The maximum Gasteiger partial charge on any atom is 0.293 e. The second-order valence-electron chi connectivity index (χ2n) is 13.5. The summed E-state index contributed by atoms with van der Waals surface area (Å²) in [6.07, 6.45) is 6.03. The zero-order valence-electron chi connectivity index (χ0n) is 33.5. The third kappa shape index (κ3) is 12.2. The topological polar surface area (TPSA) is 75.6 Å². The van der Waals surface area contributed by atoms with Gasteiger partial charge in [-0.05, 0) is 92.9 Å². The number of hydrogen-bond donors (Lipinski definition) is 2. The number of fused-ring (bicyclic) bond motifs is 1. The summed E-state index contributed by atoms with van der Waals surface area (Å²) in [4.78, 5) is 22.5. The van der Waals surface area contributed by atoms with E-state index in [1.165, 1.54) is 58.2 Å². The summed E-state index contributed by atoms with van der Waals surface area (Å²) >= 11 is 0. The zero-order chi connectivity index (χ0) is 38.0. The van der Waals surface area contributed by atoms with E-state index in [-0.39, 0.29) is 11.5 Å². The van der Waals surface area contributed by atoms with Crippen LogP contribution in [0, 0.1) is 12.3 Å². The molecule has 0 saturated carbocycles. The average Bonchev–Trinajstić information content (AvgIpc) is 3.46. The monoisotopic (exact) mass is 699 g/mol. The molecule has 1 unspecified atom stereocenters. The van der Waals surface area contributed by atoms with Gasteiger partial charge in [-0.15, -0.1) is 0 Å². The Morgan fingerprint density at radius 1 is 0.961 bits per heavy atom. The lowest BCUT2D eigenvalue weighted by molar-refractivity contribution is -0.131. The van der Waals surface area contributed by atoms with E-state index in [0.717, 1.165) is 48.9 Å². The molecule has 280 valence electrons. The highest BCUT2D eigenvalue weighted by atomic mass is 16.5. The number of carbonyl (C=O) groups is 2. The number of ether oxygens (including phenoxy) is 1. The normalized spacial score (nSPS) is 13.5. The quantitative estimate of drug-likeness (QED) is 0.136. The van der Waals surface area contributed by atoms with Gasteiger partial charge in [0.15, 0.2) is 0 Å². The van der Waals surface area contributed by atoms with Crippen LogP contribution in [0.4, 0.5) is 0 Å². The van der Waals surface area contributed by atoms with Crippen LogP contribution in [0.2, 0.25) is 0 Å². The molecule has 5 rings (SSSR count). The number of rotatable bonds is 13. The van der Waals surface area contributed by atoms with Crippen LogP contribution in [0.1, 0.15) is 90.5 Å². The maximum absolute atomic E-state index is 11.5. The van der Waals surface area contributed by atoms with Crippen molar-refractivity contribution in [3.05, 3.63) is 82.9 Å². The van der Waals surface area contributed by atoms with Gasteiger partial charge >= 0.3 is 0 Å². The van der Waals surface area contributed by atoms with Crippen LogP contribution in [0.25, 0.3) is 33.3 Å². The molecule has 7 nitrogen and oxygen atoms in total. The van der Waals surface area contributed by atoms with Gasteiger partial charge in [-0.2, -0.15) is 0 Å². The van der Waals surface area contributed by atoms with Crippen LogP contribution in [0.3, 0.4) is 0 Å². The molecule has 1 aliphatic heterocycles. The first-order chi connectivity index (χ1) is 24.6. The third-order valence-electron chi connectivity index (χ3n) is 9.10. The van der Waals surface area contributed by atoms with Gasteiger partial charge in [0.25, 0.3) is 6.47 Å². The van der Waals surface area contributed by atoms with E-state index < -0.39 is 0 Å². The molecule has 0 amide bonds. The smallest absolute Gasteiger partial charge is 0.293 e. The van der Waals surface area contributed by atoms with Crippen LogP contribution >= 0.6 is 0 Å². The number of hydrazine groups is 1. The average molecular weight is 699 g/mol. The highest BCUT2D eigenvalue weighted by molar-refractivity contribution is 5.95. The van der Waals surface area contributed by atoms with Gasteiger partial charge in [0, 0.05) is 48.6 Å². The van der Waals surface area contributed by atoms with Gasteiger partial charge in [0.05, 0.1) is 18.3 Å². The predicted octanol–water partition coefficient (Wildman–Crippen LogP) is 9.21. The lowest BCUT2D eigenvalue weighted by Crippen LogP contribution is -2.39. The van der Waals surface area contributed by atoms with Gasteiger partial charge in [-0.25, -0.2) is 5.01 Å². The lowest BCUT2D eigenvalue weighted by atomic mass is 9.84. The minimum absolute atomic E-state index is 0.209. The highest BCUT2D eigenvalue weighted by Gasteiger charge is 2.27. The SMILES string of the molecule is CC.CC.CCc1ccccc1-c1c(CC(C)(C)COC=O)c2cc(-c3cc(C)cc(CC(C=O)NC)c3)ccc2n1CC.CN1CCCCN1. The first-order valence-electron chi connectivity index (χ1n) is 19.1. The Morgan fingerprint density at radius 3 is 2.25 bits per heavy atom. The fourth-order valence-electron chi connectivity index (χ4n) is 6.71. The number of hydrogen-bond acceptors (Lipinski definition) is 6. The Balaban J connectivity index is 0.000000712. The van der Waals surface area contributed by atoms with E-state index in [0.29, 0.717) is 19.5 Å². The van der Waals surface area contributed by atoms with E-state index >= 15 is 0 Å².